The van der Waals surface area contributed by atoms with E-state index >= 15 is 0 Å². The topological polar surface area (TPSA) is 50.7 Å². The summed E-state index contributed by atoms with van der Waals surface area (Å²) >= 11 is 0. The number of hydrogen-bond acceptors (Lipinski definition) is 4. The van der Waals surface area contributed by atoms with Crippen LogP contribution in [-0.4, -0.2) is 37.0 Å². The average molecular weight is 267 g/mol. The summed E-state index contributed by atoms with van der Waals surface area (Å²) in [6, 6.07) is 7.64. The van der Waals surface area contributed by atoms with Gasteiger partial charge in [-0.25, -0.2) is 0 Å². The van der Waals surface area contributed by atoms with Crippen molar-refractivity contribution in [2.45, 2.75) is 32.7 Å². The minimum absolute atomic E-state index is 0.0946. The van der Waals surface area contributed by atoms with Gasteiger partial charge in [0.1, 0.15) is 0 Å². The number of aliphatic hydroxyl groups excluding tert-OH is 1. The number of rotatable bonds is 9. The first-order valence-electron chi connectivity index (χ1n) is 6.85. The molecule has 108 valence electrons. The predicted molar refractivity (Wildman–Crippen MR) is 76.9 cm³/mol. The van der Waals surface area contributed by atoms with E-state index in [1.54, 1.807) is 0 Å². The first-order chi connectivity index (χ1) is 9.15. The molecule has 4 nitrogen and oxygen atoms in total. The molecular formula is C15H25NO3. The standard InChI is InChI=1S/C15H25NO3/c1-4-16-15(3,12-17)10-11-19-14-9-7-6-8-13(14)18-5-2/h6-9,16-17H,4-5,10-12H2,1-3H3. The molecule has 0 aliphatic carbocycles. The van der Waals surface area contributed by atoms with Crippen molar-refractivity contribution in [1.82, 2.24) is 5.32 Å². The zero-order valence-electron chi connectivity index (χ0n) is 12.1. The number of likely N-dealkylation sites (N-methyl/N-ethyl adjacent to an activating group) is 1. The van der Waals surface area contributed by atoms with Crippen molar-refractivity contribution in [3.63, 3.8) is 0 Å². The fourth-order valence-electron chi connectivity index (χ4n) is 1.88. The van der Waals surface area contributed by atoms with Gasteiger partial charge < -0.3 is 19.9 Å². The molecular weight excluding hydrogens is 242 g/mol. The maximum Gasteiger partial charge on any atom is 0.161 e. The Labute approximate surface area is 115 Å². The summed E-state index contributed by atoms with van der Waals surface area (Å²) in [5, 5.41) is 12.7. The van der Waals surface area contributed by atoms with E-state index in [1.807, 2.05) is 45.0 Å². The Balaban J connectivity index is 2.52. The average Bonchev–Trinajstić information content (AvgIpc) is 2.41. The van der Waals surface area contributed by atoms with Crippen LogP contribution in [0.5, 0.6) is 11.5 Å². The molecule has 0 spiro atoms. The van der Waals surface area contributed by atoms with Crippen molar-refractivity contribution in [1.29, 1.82) is 0 Å². The van der Waals surface area contributed by atoms with Crippen LogP contribution in [0.4, 0.5) is 0 Å². The Kier molecular flexibility index (Phi) is 6.67. The Bertz CT molecular complexity index is 370. The third-order valence-corrected chi connectivity index (χ3v) is 3.01. The Morgan fingerprint density at radius 3 is 2.32 bits per heavy atom. The van der Waals surface area contributed by atoms with Gasteiger partial charge in [-0.3, -0.25) is 0 Å². The molecule has 0 bridgehead atoms. The Hall–Kier alpha value is -1.26. The molecule has 1 atom stereocenters. The highest BCUT2D eigenvalue weighted by Crippen LogP contribution is 2.26. The molecule has 0 saturated carbocycles. The van der Waals surface area contributed by atoms with Crippen LogP contribution in [0.25, 0.3) is 0 Å². The van der Waals surface area contributed by atoms with Crippen LogP contribution in [0.2, 0.25) is 0 Å². The summed E-state index contributed by atoms with van der Waals surface area (Å²) in [6.45, 7) is 8.04. The number of nitrogens with one attached hydrogen (secondary N) is 1. The molecule has 1 unspecified atom stereocenters. The molecule has 1 aromatic rings. The number of hydrogen-bond donors (Lipinski definition) is 2. The van der Waals surface area contributed by atoms with E-state index in [1.165, 1.54) is 0 Å². The van der Waals surface area contributed by atoms with Crippen LogP contribution in [-0.2, 0) is 0 Å². The molecule has 2 N–H and O–H groups in total. The van der Waals surface area contributed by atoms with Gasteiger partial charge in [-0.1, -0.05) is 19.1 Å². The highest BCUT2D eigenvalue weighted by Gasteiger charge is 2.21. The Morgan fingerprint density at radius 1 is 1.16 bits per heavy atom. The second-order valence-corrected chi connectivity index (χ2v) is 4.73. The minimum atomic E-state index is -0.296. The molecule has 4 heteroatoms. The maximum absolute atomic E-state index is 9.41. The van der Waals surface area contributed by atoms with E-state index in [0.29, 0.717) is 13.2 Å². The van der Waals surface area contributed by atoms with Gasteiger partial charge in [-0.15, -0.1) is 0 Å². The lowest BCUT2D eigenvalue weighted by atomic mass is 10.00. The number of benzene rings is 1. The van der Waals surface area contributed by atoms with E-state index in [0.717, 1.165) is 24.5 Å². The summed E-state index contributed by atoms with van der Waals surface area (Å²) in [4.78, 5) is 0. The first kappa shape index (κ1) is 15.8. The van der Waals surface area contributed by atoms with Crippen LogP contribution in [0.1, 0.15) is 27.2 Å². The molecule has 0 radical (unpaired) electrons. The molecule has 0 heterocycles. The fourth-order valence-corrected chi connectivity index (χ4v) is 1.88. The smallest absolute Gasteiger partial charge is 0.161 e. The van der Waals surface area contributed by atoms with Gasteiger partial charge >= 0.3 is 0 Å². The van der Waals surface area contributed by atoms with Crippen molar-refractivity contribution in [2.24, 2.45) is 0 Å². The van der Waals surface area contributed by atoms with E-state index in [-0.39, 0.29) is 12.1 Å². The van der Waals surface area contributed by atoms with Gasteiger partial charge in [0.05, 0.1) is 19.8 Å². The van der Waals surface area contributed by atoms with Gasteiger partial charge in [0.15, 0.2) is 11.5 Å². The van der Waals surface area contributed by atoms with Crippen molar-refractivity contribution in [2.75, 3.05) is 26.4 Å². The molecule has 0 amide bonds. The molecule has 0 saturated heterocycles. The van der Waals surface area contributed by atoms with Gasteiger partial charge in [-0.05, 0) is 32.5 Å². The van der Waals surface area contributed by atoms with Crippen molar-refractivity contribution < 1.29 is 14.6 Å². The second kappa shape index (κ2) is 8.02. The summed E-state index contributed by atoms with van der Waals surface area (Å²) in [5.74, 6) is 1.51. The first-order valence-corrected chi connectivity index (χ1v) is 6.85. The van der Waals surface area contributed by atoms with Gasteiger partial charge in [0.25, 0.3) is 0 Å². The van der Waals surface area contributed by atoms with Crippen LogP contribution >= 0.6 is 0 Å². The predicted octanol–water partition coefficient (Wildman–Crippen LogP) is 2.21. The number of ether oxygens (including phenoxy) is 2. The molecule has 0 aliphatic rings. The largest absolute Gasteiger partial charge is 0.490 e. The highest BCUT2D eigenvalue weighted by molar-refractivity contribution is 5.39. The lowest BCUT2D eigenvalue weighted by molar-refractivity contribution is 0.144. The molecule has 1 aromatic carbocycles. The zero-order chi connectivity index (χ0) is 14.1. The SMILES string of the molecule is CCNC(C)(CO)CCOc1ccccc1OCC. The van der Waals surface area contributed by atoms with Crippen LogP contribution < -0.4 is 14.8 Å². The monoisotopic (exact) mass is 267 g/mol. The second-order valence-electron chi connectivity index (χ2n) is 4.73. The maximum atomic E-state index is 9.41. The van der Waals surface area contributed by atoms with E-state index in [4.69, 9.17) is 9.47 Å². The van der Waals surface area contributed by atoms with Crippen molar-refractivity contribution >= 4 is 0 Å². The van der Waals surface area contributed by atoms with Crippen LogP contribution in [0.3, 0.4) is 0 Å². The fraction of sp³-hybridized carbons (Fsp3) is 0.600. The molecule has 1 rings (SSSR count). The lowest BCUT2D eigenvalue weighted by Crippen LogP contribution is -2.46. The van der Waals surface area contributed by atoms with Crippen molar-refractivity contribution in [3.05, 3.63) is 24.3 Å². The number of aliphatic hydroxyl groups is 1. The molecule has 0 aliphatic heterocycles. The van der Waals surface area contributed by atoms with Gasteiger partial charge in [-0.2, -0.15) is 0 Å². The molecule has 0 fully saturated rings. The van der Waals surface area contributed by atoms with Crippen LogP contribution in [0.15, 0.2) is 24.3 Å². The normalized spacial score (nSPS) is 13.9. The molecule has 19 heavy (non-hydrogen) atoms. The Morgan fingerprint density at radius 2 is 1.79 bits per heavy atom. The van der Waals surface area contributed by atoms with Gasteiger partial charge in [0, 0.05) is 12.0 Å². The summed E-state index contributed by atoms with van der Waals surface area (Å²) in [5.41, 5.74) is -0.296. The minimum Gasteiger partial charge on any atom is -0.490 e. The summed E-state index contributed by atoms with van der Waals surface area (Å²) in [7, 11) is 0. The van der Waals surface area contributed by atoms with Crippen LogP contribution in [0, 0.1) is 0 Å². The zero-order valence-corrected chi connectivity index (χ0v) is 12.1. The lowest BCUT2D eigenvalue weighted by Gasteiger charge is -2.28. The highest BCUT2D eigenvalue weighted by atomic mass is 16.5. The number of para-hydroxylation sites is 2. The van der Waals surface area contributed by atoms with Gasteiger partial charge in [0.2, 0.25) is 0 Å². The quantitative estimate of drug-likeness (QED) is 0.720. The van der Waals surface area contributed by atoms with E-state index < -0.39 is 0 Å². The molecule has 0 aromatic heterocycles. The third-order valence-electron chi connectivity index (χ3n) is 3.01. The third kappa shape index (κ3) is 5.09. The van der Waals surface area contributed by atoms with Crippen molar-refractivity contribution in [3.8, 4) is 11.5 Å². The summed E-state index contributed by atoms with van der Waals surface area (Å²) < 4.78 is 11.3. The summed E-state index contributed by atoms with van der Waals surface area (Å²) in [6.07, 6.45) is 0.734. The van der Waals surface area contributed by atoms with E-state index in [2.05, 4.69) is 5.32 Å². The van der Waals surface area contributed by atoms with E-state index in [9.17, 15) is 5.11 Å².